The minimum absolute atomic E-state index is 0.0705. The van der Waals surface area contributed by atoms with Gasteiger partial charge in [0.05, 0.1) is 6.61 Å². The molecule has 116 valence electrons. The van der Waals surface area contributed by atoms with Crippen molar-refractivity contribution in [2.45, 2.75) is 25.9 Å². The summed E-state index contributed by atoms with van der Waals surface area (Å²) in [5.41, 5.74) is 2.30. The van der Waals surface area contributed by atoms with E-state index in [0.29, 0.717) is 25.3 Å². The van der Waals surface area contributed by atoms with E-state index in [1.807, 2.05) is 32.0 Å². The van der Waals surface area contributed by atoms with E-state index in [9.17, 15) is 4.79 Å². The summed E-state index contributed by atoms with van der Waals surface area (Å²) in [6.07, 6.45) is 0.808. The molecule has 0 aromatic heterocycles. The highest BCUT2D eigenvalue weighted by atomic mass is 16.5. The van der Waals surface area contributed by atoms with Crippen LogP contribution in [0.15, 0.2) is 18.2 Å². The van der Waals surface area contributed by atoms with Crippen LogP contribution >= 0.6 is 0 Å². The summed E-state index contributed by atoms with van der Waals surface area (Å²) in [5, 5.41) is 6.20. The van der Waals surface area contributed by atoms with Crippen LogP contribution in [-0.4, -0.2) is 44.9 Å². The Kier molecular flexibility index (Phi) is 5.20. The highest BCUT2D eigenvalue weighted by Crippen LogP contribution is 2.22. The number of methoxy groups -OCH3 is 1. The Balaban J connectivity index is 2.00. The molecule has 1 aliphatic heterocycles. The van der Waals surface area contributed by atoms with Gasteiger partial charge in [-0.3, -0.25) is 4.79 Å². The number of ether oxygens (including phenoxy) is 2. The van der Waals surface area contributed by atoms with Crippen LogP contribution in [0.3, 0.4) is 0 Å². The van der Waals surface area contributed by atoms with Crippen molar-refractivity contribution in [3.8, 4) is 0 Å². The number of aryl methyl sites for hydroxylation is 1. The molecular formula is C16H24N2O3. The van der Waals surface area contributed by atoms with E-state index < -0.39 is 0 Å². The van der Waals surface area contributed by atoms with E-state index in [2.05, 4.69) is 10.6 Å². The number of hydrogen-bond acceptors (Lipinski definition) is 4. The first kappa shape index (κ1) is 15.8. The van der Waals surface area contributed by atoms with E-state index in [1.54, 1.807) is 7.11 Å². The molecule has 2 N–H and O–H groups in total. The fraction of sp³-hybridized carbons (Fsp3) is 0.562. The number of rotatable bonds is 6. The third kappa shape index (κ3) is 3.74. The topological polar surface area (TPSA) is 59.6 Å². The SMILES string of the molecule is CCNc1ccc(C(=O)NCC2(OC)CCOC2)c(C)c1. The monoisotopic (exact) mass is 292 g/mol. The Morgan fingerprint density at radius 2 is 2.29 bits per heavy atom. The fourth-order valence-corrected chi connectivity index (χ4v) is 2.53. The Morgan fingerprint density at radius 1 is 1.48 bits per heavy atom. The fourth-order valence-electron chi connectivity index (χ4n) is 2.53. The predicted molar refractivity (Wildman–Crippen MR) is 82.9 cm³/mol. The number of benzene rings is 1. The van der Waals surface area contributed by atoms with E-state index in [0.717, 1.165) is 24.2 Å². The second-order valence-electron chi connectivity index (χ2n) is 5.43. The number of amides is 1. The zero-order valence-electron chi connectivity index (χ0n) is 13.0. The molecule has 0 bridgehead atoms. The molecule has 0 spiro atoms. The van der Waals surface area contributed by atoms with Gasteiger partial charge in [0, 0.05) is 44.5 Å². The minimum Gasteiger partial charge on any atom is -0.385 e. The molecule has 1 unspecified atom stereocenters. The van der Waals surface area contributed by atoms with Crippen LogP contribution < -0.4 is 10.6 Å². The molecule has 0 saturated carbocycles. The molecule has 0 radical (unpaired) electrons. The third-order valence-electron chi connectivity index (χ3n) is 3.92. The van der Waals surface area contributed by atoms with Crippen molar-refractivity contribution < 1.29 is 14.3 Å². The van der Waals surface area contributed by atoms with Gasteiger partial charge in [0.2, 0.25) is 0 Å². The predicted octanol–water partition coefficient (Wildman–Crippen LogP) is 1.96. The van der Waals surface area contributed by atoms with Crippen molar-refractivity contribution in [2.75, 3.05) is 38.7 Å². The number of carbonyl (C=O) groups is 1. The summed E-state index contributed by atoms with van der Waals surface area (Å²) in [5.74, 6) is -0.0705. The Labute approximate surface area is 126 Å². The van der Waals surface area contributed by atoms with E-state index in [4.69, 9.17) is 9.47 Å². The first-order valence-electron chi connectivity index (χ1n) is 7.36. The Morgan fingerprint density at radius 3 is 2.86 bits per heavy atom. The molecule has 5 heteroatoms. The normalized spacial score (nSPS) is 21.3. The van der Waals surface area contributed by atoms with Gasteiger partial charge in [-0.05, 0) is 37.6 Å². The molecule has 1 saturated heterocycles. The molecule has 1 heterocycles. The van der Waals surface area contributed by atoms with Crippen LogP contribution in [0.1, 0.15) is 29.3 Å². The lowest BCUT2D eigenvalue weighted by Gasteiger charge is -2.26. The van der Waals surface area contributed by atoms with E-state index >= 15 is 0 Å². The van der Waals surface area contributed by atoms with E-state index in [-0.39, 0.29) is 11.5 Å². The quantitative estimate of drug-likeness (QED) is 0.841. The van der Waals surface area contributed by atoms with E-state index in [1.165, 1.54) is 0 Å². The molecule has 1 aromatic carbocycles. The first-order chi connectivity index (χ1) is 10.1. The van der Waals surface area contributed by atoms with Gasteiger partial charge in [0.15, 0.2) is 0 Å². The van der Waals surface area contributed by atoms with Crippen LogP contribution in [0, 0.1) is 6.92 Å². The lowest BCUT2D eigenvalue weighted by atomic mass is 10.0. The van der Waals surface area contributed by atoms with Gasteiger partial charge in [-0.2, -0.15) is 0 Å². The van der Waals surface area contributed by atoms with Gasteiger partial charge in [-0.15, -0.1) is 0 Å². The average Bonchev–Trinajstić information content (AvgIpc) is 2.95. The smallest absolute Gasteiger partial charge is 0.251 e. The third-order valence-corrected chi connectivity index (χ3v) is 3.92. The number of hydrogen-bond donors (Lipinski definition) is 2. The Hall–Kier alpha value is -1.59. The maximum absolute atomic E-state index is 12.3. The maximum Gasteiger partial charge on any atom is 0.251 e. The molecule has 1 aromatic rings. The summed E-state index contributed by atoms with van der Waals surface area (Å²) in [7, 11) is 1.66. The number of nitrogens with one attached hydrogen (secondary N) is 2. The lowest BCUT2D eigenvalue weighted by molar-refractivity contribution is -0.0148. The van der Waals surface area contributed by atoms with Crippen molar-refractivity contribution in [1.29, 1.82) is 0 Å². The zero-order valence-corrected chi connectivity index (χ0v) is 13.0. The van der Waals surface area contributed by atoms with Crippen LogP contribution in [-0.2, 0) is 9.47 Å². The highest BCUT2D eigenvalue weighted by Gasteiger charge is 2.35. The van der Waals surface area contributed by atoms with Gasteiger partial charge in [0.25, 0.3) is 5.91 Å². The van der Waals surface area contributed by atoms with Crippen LogP contribution in [0.5, 0.6) is 0 Å². The second-order valence-corrected chi connectivity index (χ2v) is 5.43. The highest BCUT2D eigenvalue weighted by molar-refractivity contribution is 5.96. The largest absolute Gasteiger partial charge is 0.385 e. The summed E-state index contributed by atoms with van der Waals surface area (Å²) in [4.78, 5) is 12.3. The van der Waals surface area contributed by atoms with Crippen LogP contribution in [0.2, 0.25) is 0 Å². The summed E-state index contributed by atoms with van der Waals surface area (Å²) >= 11 is 0. The average molecular weight is 292 g/mol. The van der Waals surface area contributed by atoms with Gasteiger partial charge in [-0.1, -0.05) is 0 Å². The Bertz CT molecular complexity index is 496. The molecule has 1 amide bonds. The number of carbonyl (C=O) groups excluding carboxylic acids is 1. The van der Waals surface area contributed by atoms with Gasteiger partial charge >= 0.3 is 0 Å². The molecule has 1 fully saturated rings. The number of anilines is 1. The zero-order chi connectivity index (χ0) is 15.3. The molecule has 1 atom stereocenters. The van der Waals surface area contributed by atoms with Crippen molar-refractivity contribution in [2.24, 2.45) is 0 Å². The van der Waals surface area contributed by atoms with Crippen molar-refractivity contribution >= 4 is 11.6 Å². The summed E-state index contributed by atoms with van der Waals surface area (Å²) < 4.78 is 10.9. The van der Waals surface area contributed by atoms with Gasteiger partial charge < -0.3 is 20.1 Å². The van der Waals surface area contributed by atoms with Gasteiger partial charge in [-0.25, -0.2) is 0 Å². The summed E-state index contributed by atoms with van der Waals surface area (Å²) in [6, 6.07) is 5.77. The standard InChI is InChI=1S/C16H24N2O3/c1-4-17-13-5-6-14(12(2)9-13)15(19)18-10-16(20-3)7-8-21-11-16/h5-6,9,17H,4,7-8,10-11H2,1-3H3,(H,18,19). The van der Waals surface area contributed by atoms with Crippen LogP contribution in [0.25, 0.3) is 0 Å². The lowest BCUT2D eigenvalue weighted by Crippen LogP contribution is -2.45. The molecule has 5 nitrogen and oxygen atoms in total. The van der Waals surface area contributed by atoms with Gasteiger partial charge in [0.1, 0.15) is 5.60 Å². The molecular weight excluding hydrogens is 268 g/mol. The second kappa shape index (κ2) is 6.91. The van der Waals surface area contributed by atoms with Crippen LogP contribution in [0.4, 0.5) is 5.69 Å². The first-order valence-corrected chi connectivity index (χ1v) is 7.36. The molecule has 1 aliphatic rings. The van der Waals surface area contributed by atoms with Crippen molar-refractivity contribution in [1.82, 2.24) is 5.32 Å². The maximum atomic E-state index is 12.3. The van der Waals surface area contributed by atoms with Crippen molar-refractivity contribution in [3.63, 3.8) is 0 Å². The minimum atomic E-state index is -0.382. The molecule has 0 aliphatic carbocycles. The molecule has 21 heavy (non-hydrogen) atoms. The van der Waals surface area contributed by atoms with Crippen molar-refractivity contribution in [3.05, 3.63) is 29.3 Å². The summed E-state index contributed by atoms with van der Waals surface area (Å²) in [6.45, 7) is 6.53. The molecule has 2 rings (SSSR count).